The van der Waals surface area contributed by atoms with E-state index in [1.807, 2.05) is 19.1 Å². The van der Waals surface area contributed by atoms with Crippen LogP contribution in [0.1, 0.15) is 34.7 Å². The molecule has 0 spiro atoms. The molecule has 1 aromatic heterocycles. The molecule has 1 fully saturated rings. The number of hydrogen-bond acceptors (Lipinski definition) is 4. The second-order valence-electron chi connectivity index (χ2n) is 5.79. The summed E-state index contributed by atoms with van der Waals surface area (Å²) >= 11 is 5.90. The maximum Gasteiger partial charge on any atom is 0.308 e. The Labute approximate surface area is 144 Å². The second kappa shape index (κ2) is 6.65. The zero-order valence-corrected chi connectivity index (χ0v) is 13.9. The van der Waals surface area contributed by atoms with E-state index in [1.54, 1.807) is 12.1 Å². The Morgan fingerprint density at radius 1 is 1.33 bits per heavy atom. The Hall–Kier alpha value is -2.34. The summed E-state index contributed by atoms with van der Waals surface area (Å²) < 4.78 is 5.20. The molecule has 2 heterocycles. The van der Waals surface area contributed by atoms with Crippen LogP contribution >= 0.6 is 11.6 Å². The van der Waals surface area contributed by atoms with Crippen LogP contribution in [0.25, 0.3) is 0 Å². The summed E-state index contributed by atoms with van der Waals surface area (Å²) in [6.07, 6.45) is 1.80. The van der Waals surface area contributed by atoms with Crippen LogP contribution in [-0.2, 0) is 11.2 Å². The highest BCUT2D eigenvalue weighted by Gasteiger charge is 2.41. The molecular formula is C17H17ClN2O4. The number of carboxylic acids is 1. The van der Waals surface area contributed by atoms with Gasteiger partial charge in [0, 0.05) is 30.5 Å². The molecule has 1 saturated heterocycles. The largest absolute Gasteiger partial charge is 0.481 e. The summed E-state index contributed by atoms with van der Waals surface area (Å²) in [6, 6.07) is 7.08. The van der Waals surface area contributed by atoms with Crippen molar-refractivity contribution in [2.45, 2.75) is 19.3 Å². The van der Waals surface area contributed by atoms with Gasteiger partial charge in [-0.05, 0) is 17.7 Å². The van der Waals surface area contributed by atoms with Crippen LogP contribution in [0.3, 0.4) is 0 Å². The van der Waals surface area contributed by atoms with Crippen molar-refractivity contribution in [2.24, 2.45) is 5.92 Å². The van der Waals surface area contributed by atoms with Crippen molar-refractivity contribution in [3.63, 3.8) is 0 Å². The first-order chi connectivity index (χ1) is 11.5. The van der Waals surface area contributed by atoms with Gasteiger partial charge < -0.3 is 14.4 Å². The summed E-state index contributed by atoms with van der Waals surface area (Å²) in [7, 11) is 0. The van der Waals surface area contributed by atoms with E-state index in [4.69, 9.17) is 16.0 Å². The SMILES string of the molecule is CCc1ocnc1C(=O)N1C[C@@H](C(=O)O)[C@H](c2ccc(Cl)cc2)C1. The first kappa shape index (κ1) is 16.5. The van der Waals surface area contributed by atoms with Gasteiger partial charge >= 0.3 is 5.97 Å². The van der Waals surface area contributed by atoms with E-state index in [0.717, 1.165) is 5.56 Å². The van der Waals surface area contributed by atoms with Gasteiger partial charge in [-0.25, -0.2) is 4.98 Å². The summed E-state index contributed by atoms with van der Waals surface area (Å²) in [6.45, 7) is 2.35. The number of nitrogens with zero attached hydrogens (tertiary/aromatic N) is 2. The third kappa shape index (κ3) is 3.01. The van der Waals surface area contributed by atoms with Crippen molar-refractivity contribution in [3.8, 4) is 0 Å². The lowest BCUT2D eigenvalue weighted by molar-refractivity contribution is -0.141. The first-order valence-corrected chi connectivity index (χ1v) is 8.09. The van der Waals surface area contributed by atoms with Crippen LogP contribution in [0.5, 0.6) is 0 Å². The zero-order valence-electron chi connectivity index (χ0n) is 13.1. The molecule has 1 aliphatic heterocycles. The number of aryl methyl sites for hydroxylation is 1. The summed E-state index contributed by atoms with van der Waals surface area (Å²) in [5.41, 5.74) is 1.12. The minimum atomic E-state index is -0.916. The molecule has 6 nitrogen and oxygen atoms in total. The van der Waals surface area contributed by atoms with E-state index >= 15 is 0 Å². The highest BCUT2D eigenvalue weighted by molar-refractivity contribution is 6.30. The number of rotatable bonds is 4. The van der Waals surface area contributed by atoms with Gasteiger partial charge in [0.25, 0.3) is 5.91 Å². The number of carboxylic acid groups (broad SMARTS) is 1. The van der Waals surface area contributed by atoms with Crippen molar-refractivity contribution in [1.82, 2.24) is 9.88 Å². The number of aliphatic carboxylic acids is 1. The Morgan fingerprint density at radius 2 is 2.04 bits per heavy atom. The average molecular weight is 349 g/mol. The fourth-order valence-corrected chi connectivity index (χ4v) is 3.24. The molecule has 2 atom stereocenters. The highest BCUT2D eigenvalue weighted by Crippen LogP contribution is 2.34. The molecule has 0 unspecified atom stereocenters. The Kier molecular flexibility index (Phi) is 4.57. The Balaban J connectivity index is 1.86. The number of halogens is 1. The van der Waals surface area contributed by atoms with Crippen molar-refractivity contribution in [1.29, 1.82) is 0 Å². The first-order valence-electron chi connectivity index (χ1n) is 7.71. The fourth-order valence-electron chi connectivity index (χ4n) is 3.11. The normalized spacial score (nSPS) is 20.3. The van der Waals surface area contributed by atoms with Crippen LogP contribution < -0.4 is 0 Å². The number of likely N-dealkylation sites (tertiary alicyclic amines) is 1. The Bertz CT molecular complexity index is 756. The van der Waals surface area contributed by atoms with Crippen LogP contribution in [0.2, 0.25) is 5.02 Å². The number of oxazole rings is 1. The van der Waals surface area contributed by atoms with E-state index in [1.165, 1.54) is 11.3 Å². The lowest BCUT2D eigenvalue weighted by Crippen LogP contribution is -2.30. The van der Waals surface area contributed by atoms with Gasteiger partial charge in [0.15, 0.2) is 12.1 Å². The lowest BCUT2D eigenvalue weighted by atomic mass is 9.89. The minimum Gasteiger partial charge on any atom is -0.481 e. The topological polar surface area (TPSA) is 83.6 Å². The molecule has 7 heteroatoms. The summed E-state index contributed by atoms with van der Waals surface area (Å²) in [4.78, 5) is 29.8. The van der Waals surface area contributed by atoms with Crippen LogP contribution in [0, 0.1) is 5.92 Å². The average Bonchev–Trinajstić information content (AvgIpc) is 3.21. The number of carbonyl (C=O) groups is 2. The lowest BCUT2D eigenvalue weighted by Gasteiger charge is -2.16. The molecule has 1 aliphatic rings. The zero-order chi connectivity index (χ0) is 17.3. The molecule has 1 aromatic carbocycles. The van der Waals surface area contributed by atoms with Crippen molar-refractivity contribution in [2.75, 3.05) is 13.1 Å². The Morgan fingerprint density at radius 3 is 2.67 bits per heavy atom. The molecule has 24 heavy (non-hydrogen) atoms. The third-order valence-corrected chi connectivity index (χ3v) is 4.64. The molecule has 1 N–H and O–H groups in total. The number of hydrogen-bond donors (Lipinski definition) is 1. The highest BCUT2D eigenvalue weighted by atomic mass is 35.5. The van der Waals surface area contributed by atoms with Crippen molar-refractivity contribution in [3.05, 3.63) is 52.7 Å². The number of carbonyl (C=O) groups excluding carboxylic acids is 1. The van der Waals surface area contributed by atoms with Gasteiger partial charge in [-0.1, -0.05) is 30.7 Å². The molecule has 3 rings (SSSR count). The van der Waals surface area contributed by atoms with Gasteiger partial charge in [-0.3, -0.25) is 9.59 Å². The standard InChI is InChI=1S/C17H17ClN2O4/c1-2-14-15(19-9-24-14)16(21)20-7-12(13(8-20)17(22)23)10-3-5-11(18)6-4-10/h3-6,9,12-13H,2,7-8H2,1H3,(H,22,23)/t12-,13+/m0/s1. The van der Waals surface area contributed by atoms with E-state index < -0.39 is 11.9 Å². The van der Waals surface area contributed by atoms with Gasteiger partial charge in [0.2, 0.25) is 0 Å². The van der Waals surface area contributed by atoms with E-state index in [9.17, 15) is 14.7 Å². The smallest absolute Gasteiger partial charge is 0.308 e. The van der Waals surface area contributed by atoms with E-state index in [0.29, 0.717) is 23.7 Å². The van der Waals surface area contributed by atoms with Gasteiger partial charge in [0.1, 0.15) is 5.76 Å². The van der Waals surface area contributed by atoms with Crippen LogP contribution in [0.4, 0.5) is 0 Å². The number of aromatic nitrogens is 1. The van der Waals surface area contributed by atoms with Crippen LogP contribution in [0.15, 0.2) is 35.1 Å². The van der Waals surface area contributed by atoms with Gasteiger partial charge in [-0.2, -0.15) is 0 Å². The summed E-state index contributed by atoms with van der Waals surface area (Å²) in [5, 5.41) is 10.1. The van der Waals surface area contributed by atoms with Gasteiger partial charge in [0.05, 0.1) is 5.92 Å². The monoisotopic (exact) mass is 348 g/mol. The fraction of sp³-hybridized carbons (Fsp3) is 0.353. The molecule has 126 valence electrons. The quantitative estimate of drug-likeness (QED) is 0.918. The van der Waals surface area contributed by atoms with Gasteiger partial charge in [-0.15, -0.1) is 0 Å². The number of amides is 1. The predicted molar refractivity (Wildman–Crippen MR) is 87.1 cm³/mol. The van der Waals surface area contributed by atoms with E-state index in [-0.39, 0.29) is 24.1 Å². The second-order valence-corrected chi connectivity index (χ2v) is 6.23. The van der Waals surface area contributed by atoms with Crippen LogP contribution in [-0.4, -0.2) is 40.0 Å². The minimum absolute atomic E-state index is 0.150. The maximum atomic E-state index is 12.7. The predicted octanol–water partition coefficient (Wildman–Crippen LogP) is 2.83. The number of benzene rings is 1. The molecule has 2 aromatic rings. The maximum absolute atomic E-state index is 12.7. The molecule has 1 amide bonds. The molecule has 0 bridgehead atoms. The molecule has 0 saturated carbocycles. The van der Waals surface area contributed by atoms with Crippen molar-refractivity contribution < 1.29 is 19.1 Å². The molecule has 0 radical (unpaired) electrons. The molecule has 0 aliphatic carbocycles. The van der Waals surface area contributed by atoms with Crippen molar-refractivity contribution >= 4 is 23.5 Å². The van der Waals surface area contributed by atoms with E-state index in [2.05, 4.69) is 4.98 Å². The summed E-state index contributed by atoms with van der Waals surface area (Å²) in [5.74, 6) is -1.63. The third-order valence-electron chi connectivity index (χ3n) is 4.39. The molecular weight excluding hydrogens is 332 g/mol.